The van der Waals surface area contributed by atoms with Crippen LogP contribution in [0.2, 0.25) is 0 Å². The van der Waals surface area contributed by atoms with E-state index in [1.807, 2.05) is 24.3 Å². The zero-order valence-corrected chi connectivity index (χ0v) is 15.5. The van der Waals surface area contributed by atoms with Gasteiger partial charge in [0.15, 0.2) is 5.82 Å². The molecule has 0 aliphatic heterocycles. The van der Waals surface area contributed by atoms with Crippen molar-refractivity contribution in [2.45, 2.75) is 32.9 Å². The van der Waals surface area contributed by atoms with Gasteiger partial charge in [0.25, 0.3) is 0 Å². The van der Waals surface area contributed by atoms with Crippen molar-refractivity contribution in [2.75, 3.05) is 0 Å². The predicted octanol–water partition coefficient (Wildman–Crippen LogP) is -0.0690. The number of aryl methyl sites for hydroxylation is 1. The monoisotopic (exact) mass is 376 g/mol. The molecule has 0 amide bonds. The Morgan fingerprint density at radius 3 is 3.00 bits per heavy atom. The summed E-state index contributed by atoms with van der Waals surface area (Å²) in [7, 11) is 0. The van der Waals surface area contributed by atoms with Crippen LogP contribution in [-0.4, -0.2) is 39.7 Å². The van der Waals surface area contributed by atoms with Crippen LogP contribution in [0.4, 0.5) is 0 Å². The normalized spacial score (nSPS) is 16.0. The number of hydrogen-bond donors (Lipinski definition) is 2. The molecule has 4 aromatic rings. The molecule has 0 saturated carbocycles. The number of rotatable bonds is 5. The molecule has 1 aromatic carbocycles. The highest BCUT2D eigenvalue weighted by Crippen LogP contribution is 2.11. The Morgan fingerprint density at radius 1 is 1.25 bits per heavy atom. The van der Waals surface area contributed by atoms with Crippen molar-refractivity contribution in [3.63, 3.8) is 0 Å². The Morgan fingerprint density at radius 2 is 2.14 bits per heavy atom. The molecule has 28 heavy (non-hydrogen) atoms. The fourth-order valence-electron chi connectivity index (χ4n) is 3.77. The zero-order chi connectivity index (χ0) is 19.1. The first-order chi connectivity index (χ1) is 13.7. The summed E-state index contributed by atoms with van der Waals surface area (Å²) >= 11 is 0. The van der Waals surface area contributed by atoms with Crippen LogP contribution in [0.15, 0.2) is 29.1 Å². The maximum atomic E-state index is 12.5. The van der Waals surface area contributed by atoms with Gasteiger partial charge < -0.3 is 9.55 Å². The van der Waals surface area contributed by atoms with Crippen LogP contribution in [0.25, 0.3) is 23.2 Å². The van der Waals surface area contributed by atoms with Gasteiger partial charge in [-0.05, 0) is 24.5 Å². The molecular formula is C19H20N8O. The summed E-state index contributed by atoms with van der Waals surface area (Å²) in [5, 5.41) is 16.3. The Balaban J connectivity index is 1.60. The van der Waals surface area contributed by atoms with Crippen LogP contribution >= 0.6 is 0 Å². The highest BCUT2D eigenvalue weighted by Gasteiger charge is 2.15. The summed E-state index contributed by atoms with van der Waals surface area (Å²) in [6, 6.07) is 7.70. The van der Waals surface area contributed by atoms with Gasteiger partial charge in [0.1, 0.15) is 5.82 Å². The van der Waals surface area contributed by atoms with Gasteiger partial charge >= 0.3 is 5.69 Å². The highest BCUT2D eigenvalue weighted by atomic mass is 16.1. The van der Waals surface area contributed by atoms with Gasteiger partial charge in [-0.2, -0.15) is 5.21 Å². The lowest BCUT2D eigenvalue weighted by Gasteiger charge is -2.10. The molecule has 5 rings (SSSR count). The van der Waals surface area contributed by atoms with Crippen molar-refractivity contribution in [1.29, 1.82) is 0 Å². The van der Waals surface area contributed by atoms with E-state index >= 15 is 0 Å². The number of benzene rings is 1. The van der Waals surface area contributed by atoms with Gasteiger partial charge in [-0.15, -0.1) is 10.2 Å². The summed E-state index contributed by atoms with van der Waals surface area (Å²) in [5.74, 6) is 1.96. The first-order valence-electron chi connectivity index (χ1n) is 9.36. The van der Waals surface area contributed by atoms with E-state index in [2.05, 4.69) is 49.3 Å². The number of aromatic nitrogens is 8. The third kappa shape index (κ3) is 2.84. The van der Waals surface area contributed by atoms with Crippen LogP contribution in [0.5, 0.6) is 0 Å². The second kappa shape index (κ2) is 6.59. The molecule has 0 bridgehead atoms. The van der Waals surface area contributed by atoms with E-state index in [9.17, 15) is 4.79 Å². The molecule has 1 aliphatic rings. The Hall–Kier alpha value is -3.49. The maximum Gasteiger partial charge on any atom is 0.326 e. The van der Waals surface area contributed by atoms with Crippen molar-refractivity contribution in [2.24, 2.45) is 5.92 Å². The van der Waals surface area contributed by atoms with Crippen molar-refractivity contribution in [3.05, 3.63) is 57.1 Å². The molecule has 2 N–H and O–H groups in total. The van der Waals surface area contributed by atoms with Gasteiger partial charge in [0, 0.05) is 13.0 Å². The number of fused-ring (bicyclic) bond motifs is 2. The minimum Gasteiger partial charge on any atom is -0.326 e. The molecule has 0 saturated heterocycles. The molecule has 1 atom stereocenters. The van der Waals surface area contributed by atoms with Crippen LogP contribution in [-0.2, 0) is 19.5 Å². The zero-order valence-electron chi connectivity index (χ0n) is 15.5. The topological polar surface area (TPSA) is 110 Å². The minimum absolute atomic E-state index is 0.131. The molecule has 1 aliphatic carbocycles. The minimum atomic E-state index is -0.131. The number of tetrazole rings is 1. The van der Waals surface area contributed by atoms with Crippen molar-refractivity contribution in [1.82, 2.24) is 39.7 Å². The lowest BCUT2D eigenvalue weighted by atomic mass is 10.0. The van der Waals surface area contributed by atoms with Crippen molar-refractivity contribution >= 4 is 23.2 Å². The number of nitrogens with zero attached hydrogens (tertiary/aromatic N) is 6. The number of hydrogen-bond acceptors (Lipinski definition) is 5. The molecule has 0 spiro atoms. The average Bonchev–Trinajstić information content (AvgIpc) is 3.39. The van der Waals surface area contributed by atoms with E-state index in [1.54, 1.807) is 4.57 Å². The Kier molecular flexibility index (Phi) is 3.92. The molecule has 142 valence electrons. The number of imidazole rings is 2. The SMILES string of the molecule is CC1C=c2c(nc(Cn3c(=O)[nH]c4ccccc43)n2CCc2nn[nH]n2)=CC1. The molecule has 9 heteroatoms. The fourth-order valence-corrected chi connectivity index (χ4v) is 3.77. The molecule has 1 unspecified atom stereocenters. The Bertz CT molecular complexity index is 1310. The van der Waals surface area contributed by atoms with Gasteiger partial charge in [-0.1, -0.05) is 36.4 Å². The van der Waals surface area contributed by atoms with Crippen LogP contribution in [0.3, 0.4) is 0 Å². The van der Waals surface area contributed by atoms with Gasteiger partial charge in [0.05, 0.1) is 28.3 Å². The summed E-state index contributed by atoms with van der Waals surface area (Å²) in [6.07, 6.45) is 6.03. The summed E-state index contributed by atoms with van der Waals surface area (Å²) < 4.78 is 3.91. The van der Waals surface area contributed by atoms with Gasteiger partial charge in [0.2, 0.25) is 0 Å². The first-order valence-corrected chi connectivity index (χ1v) is 9.36. The average molecular weight is 376 g/mol. The van der Waals surface area contributed by atoms with Crippen molar-refractivity contribution < 1.29 is 0 Å². The van der Waals surface area contributed by atoms with E-state index in [4.69, 9.17) is 4.98 Å². The predicted molar refractivity (Wildman–Crippen MR) is 104 cm³/mol. The van der Waals surface area contributed by atoms with Crippen LogP contribution in [0, 0.1) is 5.92 Å². The first kappa shape index (κ1) is 16.7. The number of H-pyrrole nitrogens is 2. The smallest absolute Gasteiger partial charge is 0.326 e. The molecule has 3 heterocycles. The number of nitrogens with one attached hydrogen (secondary N) is 2. The molecule has 0 fully saturated rings. The second-order valence-electron chi connectivity index (χ2n) is 7.15. The molecule has 3 aromatic heterocycles. The third-order valence-electron chi connectivity index (χ3n) is 5.17. The summed E-state index contributed by atoms with van der Waals surface area (Å²) in [5.41, 5.74) is 1.57. The third-order valence-corrected chi connectivity index (χ3v) is 5.17. The summed E-state index contributed by atoms with van der Waals surface area (Å²) in [4.78, 5) is 20.3. The number of para-hydroxylation sites is 2. The van der Waals surface area contributed by atoms with E-state index < -0.39 is 0 Å². The van der Waals surface area contributed by atoms with E-state index in [0.717, 1.165) is 34.0 Å². The lowest BCUT2D eigenvalue weighted by Crippen LogP contribution is -2.34. The molecule has 9 nitrogen and oxygen atoms in total. The number of aromatic amines is 2. The molecule has 0 radical (unpaired) electrons. The summed E-state index contributed by atoms with van der Waals surface area (Å²) in [6.45, 7) is 3.27. The molecular weight excluding hydrogens is 356 g/mol. The van der Waals surface area contributed by atoms with Gasteiger partial charge in [-0.3, -0.25) is 4.57 Å². The fraction of sp³-hybridized carbons (Fsp3) is 0.316. The standard InChI is InChI=1S/C19H20N8O/c1-12-6-7-14-16(10-12)26(9-8-17-22-24-25-23-17)18(20-14)11-27-15-5-3-2-4-13(15)21-19(27)28/h2-5,7,10,12H,6,8-9,11H2,1H3,(H,21,28)(H,22,23,24,25). The Labute approximate surface area is 159 Å². The van der Waals surface area contributed by atoms with Crippen molar-refractivity contribution in [3.8, 4) is 0 Å². The second-order valence-corrected chi connectivity index (χ2v) is 7.15. The largest absolute Gasteiger partial charge is 0.326 e. The van der Waals surface area contributed by atoms with E-state index in [-0.39, 0.29) is 5.69 Å². The highest BCUT2D eigenvalue weighted by molar-refractivity contribution is 5.74. The lowest BCUT2D eigenvalue weighted by molar-refractivity contribution is 0.596. The maximum absolute atomic E-state index is 12.5. The van der Waals surface area contributed by atoms with Gasteiger partial charge in [-0.25, -0.2) is 9.78 Å². The van der Waals surface area contributed by atoms with E-state index in [0.29, 0.717) is 31.3 Å². The quantitative estimate of drug-likeness (QED) is 0.507. The van der Waals surface area contributed by atoms with Crippen LogP contribution < -0.4 is 16.4 Å². The van der Waals surface area contributed by atoms with E-state index in [1.165, 1.54) is 0 Å². The van der Waals surface area contributed by atoms with Crippen LogP contribution in [0.1, 0.15) is 25.0 Å².